The molecule has 0 bridgehead atoms. The molecule has 0 fully saturated rings. The van der Waals surface area contributed by atoms with Crippen molar-refractivity contribution in [1.82, 2.24) is 4.98 Å². The predicted octanol–water partition coefficient (Wildman–Crippen LogP) is 4.48. The first-order chi connectivity index (χ1) is 13.1. The number of aliphatic imine (C=N–C) groups is 1. The molecule has 0 aliphatic heterocycles. The lowest BCUT2D eigenvalue weighted by Crippen LogP contribution is -2.22. The van der Waals surface area contributed by atoms with E-state index in [0.29, 0.717) is 12.5 Å². The number of nitrogens with zero attached hydrogens (tertiary/aromatic N) is 3. The number of anilines is 2. The average Bonchev–Trinajstić information content (AvgIpc) is 2.68. The van der Waals surface area contributed by atoms with Crippen LogP contribution in [0.15, 0.2) is 77.9 Å². The summed E-state index contributed by atoms with van der Waals surface area (Å²) in [5.74, 6) is 2.74. The maximum Gasteiger partial charge on any atom is 0.193 e. The van der Waals surface area contributed by atoms with Gasteiger partial charge in [0.2, 0.25) is 0 Å². The van der Waals surface area contributed by atoms with Gasteiger partial charge in [-0.3, -0.25) is 0 Å². The molecule has 3 aromatic rings. The molecule has 1 aromatic heterocycles. The van der Waals surface area contributed by atoms with Crippen molar-refractivity contribution in [2.75, 3.05) is 24.3 Å². The second-order valence-corrected chi connectivity index (χ2v) is 6.19. The van der Waals surface area contributed by atoms with E-state index < -0.39 is 0 Å². The minimum absolute atomic E-state index is 0. The molecule has 7 heteroatoms. The Morgan fingerprint density at radius 3 is 2.54 bits per heavy atom. The zero-order valence-electron chi connectivity index (χ0n) is 15.9. The van der Waals surface area contributed by atoms with Gasteiger partial charge in [0, 0.05) is 32.0 Å². The van der Waals surface area contributed by atoms with E-state index in [2.05, 4.69) is 15.3 Å². The average molecular weight is 489 g/mol. The third-order valence-corrected chi connectivity index (χ3v) is 3.79. The van der Waals surface area contributed by atoms with Crippen LogP contribution in [0.2, 0.25) is 0 Å². The summed E-state index contributed by atoms with van der Waals surface area (Å²) < 4.78 is 5.83. The highest BCUT2D eigenvalue weighted by atomic mass is 127. The normalized spacial score (nSPS) is 10.7. The van der Waals surface area contributed by atoms with Gasteiger partial charge in [-0.1, -0.05) is 24.3 Å². The van der Waals surface area contributed by atoms with Gasteiger partial charge in [0.15, 0.2) is 5.96 Å². The lowest BCUT2D eigenvalue weighted by Gasteiger charge is -2.12. The summed E-state index contributed by atoms with van der Waals surface area (Å²) in [6, 6.07) is 21.1. The Morgan fingerprint density at radius 1 is 1.04 bits per heavy atom. The van der Waals surface area contributed by atoms with Crippen LogP contribution in [0.3, 0.4) is 0 Å². The largest absolute Gasteiger partial charge is 0.457 e. The van der Waals surface area contributed by atoms with Crippen molar-refractivity contribution >= 4 is 41.4 Å². The molecule has 28 heavy (non-hydrogen) atoms. The third kappa shape index (κ3) is 6.41. The minimum Gasteiger partial charge on any atom is -0.457 e. The fourth-order valence-corrected chi connectivity index (χ4v) is 2.43. The fraction of sp³-hybridized carbons (Fsp3) is 0.143. The monoisotopic (exact) mass is 489 g/mol. The third-order valence-electron chi connectivity index (χ3n) is 3.79. The molecule has 2 aromatic carbocycles. The van der Waals surface area contributed by atoms with Crippen molar-refractivity contribution in [2.24, 2.45) is 10.7 Å². The van der Waals surface area contributed by atoms with E-state index in [9.17, 15) is 0 Å². The van der Waals surface area contributed by atoms with Crippen LogP contribution in [0.1, 0.15) is 5.56 Å². The van der Waals surface area contributed by atoms with Crippen LogP contribution in [0, 0.1) is 0 Å². The predicted molar refractivity (Wildman–Crippen MR) is 126 cm³/mol. The SMILES string of the molecule is CN(C)c1cc(CN=C(N)Nc2cccc(Oc3ccccc3)c2)ccn1.I. The molecule has 0 radical (unpaired) electrons. The molecule has 0 unspecified atom stereocenters. The number of hydrogen-bond donors (Lipinski definition) is 2. The van der Waals surface area contributed by atoms with Gasteiger partial charge in [-0.2, -0.15) is 0 Å². The Hall–Kier alpha value is -2.81. The Bertz CT molecular complexity index is 915. The van der Waals surface area contributed by atoms with Gasteiger partial charge in [-0.05, 0) is 42.0 Å². The highest BCUT2D eigenvalue weighted by Gasteiger charge is 2.02. The number of benzene rings is 2. The standard InChI is InChI=1S/C21H23N5O.HI/c1-26(2)20-13-16(11-12-23-20)15-24-21(22)25-17-7-6-10-19(14-17)27-18-8-4-3-5-9-18;/h3-14H,15H2,1-2H3,(H3,22,24,25);1H. The Balaban J connectivity index is 0.00000280. The maximum atomic E-state index is 6.03. The summed E-state index contributed by atoms with van der Waals surface area (Å²) in [7, 11) is 3.91. The van der Waals surface area contributed by atoms with Crippen molar-refractivity contribution < 1.29 is 4.74 Å². The number of halogens is 1. The molecule has 6 nitrogen and oxygen atoms in total. The van der Waals surface area contributed by atoms with Crippen LogP contribution in [0.25, 0.3) is 0 Å². The Kier molecular flexibility index (Phi) is 8.06. The van der Waals surface area contributed by atoms with Crippen molar-refractivity contribution in [3.05, 3.63) is 78.5 Å². The van der Waals surface area contributed by atoms with Gasteiger partial charge in [-0.15, -0.1) is 24.0 Å². The quantitative estimate of drug-likeness (QED) is 0.303. The summed E-state index contributed by atoms with van der Waals surface area (Å²) >= 11 is 0. The first-order valence-corrected chi connectivity index (χ1v) is 8.62. The second-order valence-electron chi connectivity index (χ2n) is 6.19. The van der Waals surface area contributed by atoms with Crippen LogP contribution in [-0.4, -0.2) is 25.0 Å². The van der Waals surface area contributed by atoms with Gasteiger partial charge in [0.05, 0.1) is 6.54 Å². The van der Waals surface area contributed by atoms with Crippen LogP contribution in [-0.2, 0) is 6.54 Å². The van der Waals surface area contributed by atoms with Crippen molar-refractivity contribution in [3.8, 4) is 11.5 Å². The summed E-state index contributed by atoms with van der Waals surface area (Å²) in [5, 5.41) is 3.10. The van der Waals surface area contributed by atoms with Crippen molar-refractivity contribution in [1.29, 1.82) is 0 Å². The molecule has 0 saturated heterocycles. The Morgan fingerprint density at radius 2 is 1.79 bits per heavy atom. The van der Waals surface area contributed by atoms with Crippen molar-refractivity contribution in [3.63, 3.8) is 0 Å². The van der Waals surface area contributed by atoms with E-state index in [-0.39, 0.29) is 24.0 Å². The number of pyridine rings is 1. The van der Waals surface area contributed by atoms with Crippen LogP contribution < -0.4 is 20.7 Å². The number of rotatable bonds is 6. The number of nitrogens with two attached hydrogens (primary N) is 1. The molecule has 0 saturated carbocycles. The molecule has 146 valence electrons. The highest BCUT2D eigenvalue weighted by molar-refractivity contribution is 14.0. The van der Waals surface area contributed by atoms with E-state index >= 15 is 0 Å². The molecule has 0 atom stereocenters. The Labute approximate surface area is 182 Å². The van der Waals surface area contributed by atoms with E-state index in [1.165, 1.54) is 0 Å². The fourth-order valence-electron chi connectivity index (χ4n) is 2.43. The molecular weight excluding hydrogens is 465 g/mol. The van der Waals surface area contributed by atoms with Gasteiger partial charge >= 0.3 is 0 Å². The van der Waals surface area contributed by atoms with E-state index in [0.717, 1.165) is 28.6 Å². The zero-order valence-corrected chi connectivity index (χ0v) is 18.2. The van der Waals surface area contributed by atoms with Gasteiger partial charge in [-0.25, -0.2) is 9.98 Å². The summed E-state index contributed by atoms with van der Waals surface area (Å²) in [4.78, 5) is 10.6. The van der Waals surface area contributed by atoms with Crippen LogP contribution >= 0.6 is 24.0 Å². The number of nitrogens with one attached hydrogen (secondary N) is 1. The lowest BCUT2D eigenvalue weighted by atomic mass is 10.2. The topological polar surface area (TPSA) is 75.8 Å². The molecular formula is C21H24IN5O. The smallest absolute Gasteiger partial charge is 0.193 e. The lowest BCUT2D eigenvalue weighted by molar-refractivity contribution is 0.483. The molecule has 3 N–H and O–H groups in total. The maximum absolute atomic E-state index is 6.03. The highest BCUT2D eigenvalue weighted by Crippen LogP contribution is 2.23. The van der Waals surface area contributed by atoms with Gasteiger partial charge < -0.3 is 20.7 Å². The van der Waals surface area contributed by atoms with E-state index in [1.54, 1.807) is 6.20 Å². The number of guanidine groups is 1. The van der Waals surface area contributed by atoms with Gasteiger partial charge in [0.1, 0.15) is 17.3 Å². The molecule has 1 heterocycles. The number of hydrogen-bond acceptors (Lipinski definition) is 4. The van der Waals surface area contributed by atoms with Crippen LogP contribution in [0.5, 0.6) is 11.5 Å². The first kappa shape index (κ1) is 21.5. The molecule has 0 spiro atoms. The molecule has 0 aliphatic carbocycles. The number of ether oxygens (including phenoxy) is 1. The molecule has 0 amide bonds. The second kappa shape index (κ2) is 10.5. The van der Waals surface area contributed by atoms with Crippen LogP contribution in [0.4, 0.5) is 11.5 Å². The summed E-state index contributed by atoms with van der Waals surface area (Å²) in [6.45, 7) is 0.475. The number of para-hydroxylation sites is 1. The number of aromatic nitrogens is 1. The summed E-state index contributed by atoms with van der Waals surface area (Å²) in [5.41, 5.74) is 7.88. The summed E-state index contributed by atoms with van der Waals surface area (Å²) in [6.07, 6.45) is 1.77. The molecule has 3 rings (SSSR count). The van der Waals surface area contributed by atoms with E-state index in [1.807, 2.05) is 85.7 Å². The van der Waals surface area contributed by atoms with Crippen molar-refractivity contribution in [2.45, 2.75) is 6.54 Å². The zero-order chi connectivity index (χ0) is 19.1. The van der Waals surface area contributed by atoms with E-state index in [4.69, 9.17) is 10.5 Å². The molecule has 0 aliphatic rings. The first-order valence-electron chi connectivity index (χ1n) is 8.62. The van der Waals surface area contributed by atoms with Gasteiger partial charge in [0.25, 0.3) is 0 Å². The minimum atomic E-state index is 0.